The summed E-state index contributed by atoms with van der Waals surface area (Å²) in [5, 5.41) is 0. The van der Waals surface area contributed by atoms with Crippen molar-refractivity contribution in [2.75, 3.05) is 13.1 Å². The number of hydrazine groups is 1. The minimum absolute atomic E-state index is 0.0934. The number of thiophene rings is 1. The molecule has 1 aliphatic heterocycles. The molecule has 0 radical (unpaired) electrons. The van der Waals surface area contributed by atoms with E-state index in [9.17, 15) is 14.4 Å². The Morgan fingerprint density at radius 2 is 2.15 bits per heavy atom. The Morgan fingerprint density at radius 3 is 2.75 bits per heavy atom. The molecule has 0 atom stereocenters. The maximum Gasteiger partial charge on any atom is 0.279 e. The number of hydrogen-bond donors (Lipinski definition) is 2. The molecule has 0 spiro atoms. The third-order valence-electron chi connectivity index (χ3n) is 3.06. The van der Waals surface area contributed by atoms with Gasteiger partial charge < -0.3 is 4.90 Å². The van der Waals surface area contributed by atoms with Gasteiger partial charge in [0, 0.05) is 30.8 Å². The third-order valence-corrected chi connectivity index (χ3v) is 4.06. The lowest BCUT2D eigenvalue weighted by Gasteiger charge is -2.14. The Labute approximate surface area is 121 Å². The van der Waals surface area contributed by atoms with Crippen molar-refractivity contribution in [1.29, 1.82) is 0 Å². The summed E-state index contributed by atoms with van der Waals surface area (Å²) in [6.45, 7) is 3.03. The first-order valence-electron chi connectivity index (χ1n) is 6.49. The number of nitrogens with zero attached hydrogens (tertiary/aromatic N) is 1. The average molecular weight is 295 g/mol. The predicted octanol–water partition coefficient (Wildman–Crippen LogP) is 0.830. The number of carbonyl (C=O) groups excluding carboxylic acids is 3. The first-order valence-corrected chi connectivity index (χ1v) is 7.31. The number of likely N-dealkylation sites (tertiary alicyclic amines) is 1. The fourth-order valence-electron chi connectivity index (χ4n) is 1.98. The van der Waals surface area contributed by atoms with E-state index in [4.69, 9.17) is 0 Å². The van der Waals surface area contributed by atoms with Gasteiger partial charge in [0.1, 0.15) is 0 Å². The summed E-state index contributed by atoms with van der Waals surface area (Å²) in [5.41, 5.74) is 4.73. The zero-order valence-electron chi connectivity index (χ0n) is 11.3. The van der Waals surface area contributed by atoms with Crippen LogP contribution in [0.2, 0.25) is 0 Å². The molecular formula is C13H17N3O3S. The molecule has 1 fully saturated rings. The second-order valence-electron chi connectivity index (χ2n) is 4.65. The molecule has 0 aliphatic carbocycles. The van der Waals surface area contributed by atoms with E-state index in [1.807, 2.05) is 13.0 Å². The smallest absolute Gasteiger partial charge is 0.279 e. The largest absolute Gasteiger partial charge is 0.342 e. The van der Waals surface area contributed by atoms with Crippen molar-refractivity contribution in [3.63, 3.8) is 0 Å². The molecule has 0 saturated carbocycles. The first kappa shape index (κ1) is 14.5. The van der Waals surface area contributed by atoms with Gasteiger partial charge in [0.25, 0.3) is 5.91 Å². The van der Waals surface area contributed by atoms with E-state index in [0.29, 0.717) is 24.4 Å². The summed E-state index contributed by atoms with van der Waals surface area (Å²) < 4.78 is 0. The fourth-order valence-corrected chi connectivity index (χ4v) is 2.75. The van der Waals surface area contributed by atoms with E-state index in [1.165, 1.54) is 11.3 Å². The first-order chi connectivity index (χ1) is 9.56. The molecule has 2 heterocycles. The van der Waals surface area contributed by atoms with Crippen LogP contribution in [0.3, 0.4) is 0 Å². The van der Waals surface area contributed by atoms with Gasteiger partial charge in [-0.15, -0.1) is 11.3 Å². The van der Waals surface area contributed by atoms with Gasteiger partial charge >= 0.3 is 0 Å². The maximum atomic E-state index is 11.7. The summed E-state index contributed by atoms with van der Waals surface area (Å²) in [7, 11) is 0. The van der Waals surface area contributed by atoms with Gasteiger partial charge in [-0.25, -0.2) is 0 Å². The molecule has 3 amide bonds. The van der Waals surface area contributed by atoms with Gasteiger partial charge in [-0.2, -0.15) is 0 Å². The highest BCUT2D eigenvalue weighted by atomic mass is 32.1. The van der Waals surface area contributed by atoms with E-state index < -0.39 is 0 Å². The van der Waals surface area contributed by atoms with E-state index in [2.05, 4.69) is 10.9 Å². The monoisotopic (exact) mass is 295 g/mol. The molecule has 7 heteroatoms. The van der Waals surface area contributed by atoms with E-state index in [0.717, 1.165) is 11.3 Å². The van der Waals surface area contributed by atoms with Crippen LogP contribution < -0.4 is 10.9 Å². The van der Waals surface area contributed by atoms with Crippen LogP contribution in [0.4, 0.5) is 0 Å². The van der Waals surface area contributed by atoms with E-state index in [1.54, 1.807) is 11.0 Å². The molecule has 2 N–H and O–H groups in total. The lowest BCUT2D eigenvalue weighted by atomic mass is 10.4. The summed E-state index contributed by atoms with van der Waals surface area (Å²) in [6.07, 6.45) is 1.61. The van der Waals surface area contributed by atoms with Gasteiger partial charge in [0.2, 0.25) is 11.8 Å². The Bertz CT molecular complexity index is 527. The second kappa shape index (κ2) is 6.51. The van der Waals surface area contributed by atoms with Gasteiger partial charge in [-0.3, -0.25) is 25.2 Å². The van der Waals surface area contributed by atoms with Crippen molar-refractivity contribution < 1.29 is 14.4 Å². The van der Waals surface area contributed by atoms with Crippen LogP contribution in [0.5, 0.6) is 0 Å². The average Bonchev–Trinajstić information content (AvgIpc) is 3.02. The minimum Gasteiger partial charge on any atom is -0.342 e. The van der Waals surface area contributed by atoms with Gasteiger partial charge in [0.15, 0.2) is 0 Å². The van der Waals surface area contributed by atoms with Gasteiger partial charge in [-0.1, -0.05) is 0 Å². The SMILES string of the molecule is Cc1ccc(C(=O)NNC(=O)CCN2CCCC2=O)s1. The second-order valence-corrected chi connectivity index (χ2v) is 5.93. The number of carbonyl (C=O) groups is 3. The Hall–Kier alpha value is -1.89. The summed E-state index contributed by atoms with van der Waals surface area (Å²) in [4.78, 5) is 37.9. The van der Waals surface area contributed by atoms with Crippen molar-refractivity contribution in [3.8, 4) is 0 Å². The zero-order valence-corrected chi connectivity index (χ0v) is 12.1. The van der Waals surface area contributed by atoms with Crippen LogP contribution in [0.15, 0.2) is 12.1 Å². The topological polar surface area (TPSA) is 78.5 Å². The van der Waals surface area contributed by atoms with Crippen LogP contribution in [0.1, 0.15) is 33.8 Å². The lowest BCUT2D eigenvalue weighted by molar-refractivity contribution is -0.128. The molecule has 6 nitrogen and oxygen atoms in total. The lowest BCUT2D eigenvalue weighted by Crippen LogP contribution is -2.42. The molecule has 2 rings (SSSR count). The molecule has 1 aliphatic rings. The van der Waals surface area contributed by atoms with Crippen molar-refractivity contribution in [2.45, 2.75) is 26.2 Å². The zero-order chi connectivity index (χ0) is 14.5. The summed E-state index contributed by atoms with van der Waals surface area (Å²) in [6, 6.07) is 3.56. The highest BCUT2D eigenvalue weighted by molar-refractivity contribution is 7.13. The normalized spacial score (nSPS) is 14.4. The molecule has 0 unspecified atom stereocenters. The molecule has 108 valence electrons. The molecule has 1 aromatic rings. The van der Waals surface area contributed by atoms with Crippen LogP contribution in [-0.2, 0) is 9.59 Å². The Kier molecular flexibility index (Phi) is 4.73. The maximum absolute atomic E-state index is 11.7. The quantitative estimate of drug-likeness (QED) is 0.808. The number of nitrogens with one attached hydrogen (secondary N) is 2. The van der Waals surface area contributed by atoms with Crippen LogP contribution in [0, 0.1) is 6.92 Å². The molecular weight excluding hydrogens is 278 g/mol. The Morgan fingerprint density at radius 1 is 1.35 bits per heavy atom. The highest BCUT2D eigenvalue weighted by Gasteiger charge is 2.20. The minimum atomic E-state index is -0.325. The molecule has 20 heavy (non-hydrogen) atoms. The predicted molar refractivity (Wildman–Crippen MR) is 75.1 cm³/mol. The van der Waals surface area contributed by atoms with Gasteiger partial charge in [-0.05, 0) is 25.5 Å². The summed E-state index contributed by atoms with van der Waals surface area (Å²) >= 11 is 1.37. The van der Waals surface area contributed by atoms with Crippen molar-refractivity contribution in [2.24, 2.45) is 0 Å². The highest BCUT2D eigenvalue weighted by Crippen LogP contribution is 2.14. The standard InChI is InChI=1S/C13H17N3O3S/c1-9-4-5-10(20-9)13(19)15-14-11(17)6-8-16-7-2-3-12(16)18/h4-5H,2-3,6-8H2,1H3,(H,14,17)(H,15,19). The Balaban J connectivity index is 1.69. The molecule has 1 saturated heterocycles. The van der Waals surface area contributed by atoms with Crippen LogP contribution in [-0.4, -0.2) is 35.7 Å². The van der Waals surface area contributed by atoms with E-state index >= 15 is 0 Å². The fraction of sp³-hybridized carbons (Fsp3) is 0.462. The van der Waals surface area contributed by atoms with Gasteiger partial charge in [0.05, 0.1) is 4.88 Å². The van der Waals surface area contributed by atoms with Crippen LogP contribution >= 0.6 is 11.3 Å². The summed E-state index contributed by atoms with van der Waals surface area (Å²) in [5.74, 6) is -0.532. The van der Waals surface area contributed by atoms with Crippen molar-refractivity contribution in [1.82, 2.24) is 15.8 Å². The third kappa shape index (κ3) is 3.80. The van der Waals surface area contributed by atoms with Crippen molar-refractivity contribution in [3.05, 3.63) is 21.9 Å². The molecule has 0 aromatic carbocycles. The number of rotatable bonds is 4. The van der Waals surface area contributed by atoms with Crippen LogP contribution in [0.25, 0.3) is 0 Å². The molecule has 0 bridgehead atoms. The number of amides is 3. The number of hydrogen-bond acceptors (Lipinski definition) is 4. The van der Waals surface area contributed by atoms with Crippen molar-refractivity contribution >= 4 is 29.1 Å². The van der Waals surface area contributed by atoms with E-state index in [-0.39, 0.29) is 24.1 Å². The number of aryl methyl sites for hydroxylation is 1. The molecule has 1 aromatic heterocycles.